The number of hydrogen-bond acceptors (Lipinski definition) is 3. The van der Waals surface area contributed by atoms with Crippen molar-refractivity contribution in [3.8, 4) is 0 Å². The zero-order chi connectivity index (χ0) is 19.8. The predicted molar refractivity (Wildman–Crippen MR) is 127 cm³/mol. The topological polar surface area (TPSA) is 57.2 Å². The van der Waals surface area contributed by atoms with Gasteiger partial charge in [-0.15, -0.1) is 24.0 Å². The molecule has 2 aliphatic rings. The molecule has 0 aliphatic carbocycles. The Hall–Kier alpha value is -1.35. The largest absolute Gasteiger partial charge is 0.381 e. The number of carbonyl (C=O) groups is 1. The SMILES string of the molecule is CN=C(NCc1ccc(CN2CCCC2=O)cc1)N(C)CCC1CCOCC1.I. The molecule has 2 saturated heterocycles. The molecule has 0 unspecified atom stereocenters. The maximum absolute atomic E-state index is 11.8. The Morgan fingerprint density at radius 3 is 2.55 bits per heavy atom. The molecule has 0 aromatic heterocycles. The number of rotatable bonds is 7. The molecular weight excluding hydrogens is 479 g/mol. The van der Waals surface area contributed by atoms with Crippen molar-refractivity contribution >= 4 is 35.8 Å². The first-order valence-electron chi connectivity index (χ1n) is 10.5. The van der Waals surface area contributed by atoms with Gasteiger partial charge in [-0.25, -0.2) is 0 Å². The van der Waals surface area contributed by atoms with Gasteiger partial charge in [0.15, 0.2) is 5.96 Å². The van der Waals surface area contributed by atoms with Crippen LogP contribution in [0.2, 0.25) is 0 Å². The average molecular weight is 514 g/mol. The lowest BCUT2D eigenvalue weighted by Crippen LogP contribution is -2.39. The van der Waals surface area contributed by atoms with E-state index in [4.69, 9.17) is 4.74 Å². The third kappa shape index (κ3) is 7.44. The highest BCUT2D eigenvalue weighted by atomic mass is 127. The van der Waals surface area contributed by atoms with Crippen molar-refractivity contribution in [2.75, 3.05) is 40.4 Å². The first kappa shape index (κ1) is 23.9. The number of halogens is 1. The summed E-state index contributed by atoms with van der Waals surface area (Å²) in [7, 11) is 3.94. The molecule has 29 heavy (non-hydrogen) atoms. The van der Waals surface area contributed by atoms with E-state index in [2.05, 4.69) is 46.5 Å². The summed E-state index contributed by atoms with van der Waals surface area (Å²) in [5, 5.41) is 3.46. The normalized spacial score (nSPS) is 17.9. The summed E-state index contributed by atoms with van der Waals surface area (Å²) in [5.74, 6) is 1.97. The monoisotopic (exact) mass is 514 g/mol. The van der Waals surface area contributed by atoms with Crippen molar-refractivity contribution in [2.45, 2.75) is 45.2 Å². The Balaban J connectivity index is 0.00000300. The number of amides is 1. The van der Waals surface area contributed by atoms with Crippen LogP contribution in [0.4, 0.5) is 0 Å². The third-order valence-corrected chi connectivity index (χ3v) is 5.81. The fourth-order valence-electron chi connectivity index (χ4n) is 3.94. The van der Waals surface area contributed by atoms with Crippen LogP contribution in [-0.2, 0) is 22.6 Å². The van der Waals surface area contributed by atoms with Crippen LogP contribution >= 0.6 is 24.0 Å². The van der Waals surface area contributed by atoms with Gasteiger partial charge in [0, 0.05) is 59.9 Å². The van der Waals surface area contributed by atoms with E-state index < -0.39 is 0 Å². The van der Waals surface area contributed by atoms with Crippen molar-refractivity contribution < 1.29 is 9.53 Å². The number of carbonyl (C=O) groups excluding carboxylic acids is 1. The summed E-state index contributed by atoms with van der Waals surface area (Å²) in [4.78, 5) is 20.3. The highest BCUT2D eigenvalue weighted by Crippen LogP contribution is 2.18. The fraction of sp³-hybridized carbons (Fsp3) is 0.636. The van der Waals surface area contributed by atoms with E-state index in [0.29, 0.717) is 6.42 Å². The molecule has 2 heterocycles. The second-order valence-corrected chi connectivity index (χ2v) is 7.90. The quantitative estimate of drug-likeness (QED) is 0.345. The van der Waals surface area contributed by atoms with Crippen LogP contribution < -0.4 is 5.32 Å². The van der Waals surface area contributed by atoms with E-state index in [9.17, 15) is 4.79 Å². The Kier molecular flexibility index (Phi) is 10.2. The second kappa shape index (κ2) is 12.4. The first-order chi connectivity index (χ1) is 13.7. The molecule has 0 saturated carbocycles. The maximum Gasteiger partial charge on any atom is 0.222 e. The first-order valence-corrected chi connectivity index (χ1v) is 10.5. The van der Waals surface area contributed by atoms with E-state index in [1.165, 1.54) is 30.4 Å². The van der Waals surface area contributed by atoms with E-state index in [1.54, 1.807) is 0 Å². The lowest BCUT2D eigenvalue weighted by atomic mass is 9.96. The van der Waals surface area contributed by atoms with Crippen LogP contribution in [-0.4, -0.2) is 62.1 Å². The van der Waals surface area contributed by atoms with E-state index in [-0.39, 0.29) is 29.9 Å². The zero-order valence-electron chi connectivity index (χ0n) is 17.7. The van der Waals surface area contributed by atoms with Crippen LogP contribution in [0, 0.1) is 5.92 Å². The summed E-state index contributed by atoms with van der Waals surface area (Å²) in [6, 6.07) is 8.52. The van der Waals surface area contributed by atoms with Gasteiger partial charge >= 0.3 is 0 Å². The maximum atomic E-state index is 11.8. The highest BCUT2D eigenvalue weighted by Gasteiger charge is 2.20. The van der Waals surface area contributed by atoms with Gasteiger partial charge in [0.1, 0.15) is 0 Å². The Labute approximate surface area is 192 Å². The van der Waals surface area contributed by atoms with Gasteiger partial charge < -0.3 is 19.9 Å². The number of nitrogens with zero attached hydrogens (tertiary/aromatic N) is 3. The van der Waals surface area contributed by atoms with Gasteiger partial charge in [0.25, 0.3) is 0 Å². The standard InChI is InChI=1S/C22H34N4O2.HI/c1-23-22(25(2)13-9-18-10-14-28-15-11-18)24-16-19-5-7-20(8-6-19)17-26-12-3-4-21(26)27;/h5-8,18H,3-4,9-17H2,1-2H3,(H,23,24);1H. The van der Waals surface area contributed by atoms with Crippen molar-refractivity contribution in [3.05, 3.63) is 35.4 Å². The average Bonchev–Trinajstić information content (AvgIpc) is 3.13. The van der Waals surface area contributed by atoms with E-state index in [0.717, 1.165) is 57.7 Å². The van der Waals surface area contributed by atoms with Crippen LogP contribution in [0.5, 0.6) is 0 Å². The molecule has 1 aromatic carbocycles. The van der Waals surface area contributed by atoms with Crippen LogP contribution in [0.3, 0.4) is 0 Å². The van der Waals surface area contributed by atoms with Crippen LogP contribution in [0.15, 0.2) is 29.3 Å². The minimum Gasteiger partial charge on any atom is -0.381 e. The summed E-state index contributed by atoms with van der Waals surface area (Å²) >= 11 is 0. The lowest BCUT2D eigenvalue weighted by Gasteiger charge is -2.27. The van der Waals surface area contributed by atoms with Crippen molar-refractivity contribution in [1.82, 2.24) is 15.1 Å². The molecule has 1 N–H and O–H groups in total. The van der Waals surface area contributed by atoms with Gasteiger partial charge in [0.2, 0.25) is 5.91 Å². The number of likely N-dealkylation sites (tertiary alicyclic amines) is 1. The lowest BCUT2D eigenvalue weighted by molar-refractivity contribution is -0.128. The Morgan fingerprint density at radius 1 is 1.24 bits per heavy atom. The molecule has 162 valence electrons. The second-order valence-electron chi connectivity index (χ2n) is 7.90. The summed E-state index contributed by atoms with van der Waals surface area (Å²) in [6.45, 7) is 5.18. The Bertz CT molecular complexity index is 659. The summed E-state index contributed by atoms with van der Waals surface area (Å²) < 4.78 is 5.44. The van der Waals surface area contributed by atoms with Crippen LogP contribution in [0.1, 0.15) is 43.2 Å². The molecule has 2 fully saturated rings. The molecule has 0 spiro atoms. The minimum atomic E-state index is 0. The van der Waals surface area contributed by atoms with Crippen molar-refractivity contribution in [3.63, 3.8) is 0 Å². The summed E-state index contributed by atoms with van der Waals surface area (Å²) in [6.07, 6.45) is 5.22. The van der Waals surface area contributed by atoms with E-state index >= 15 is 0 Å². The predicted octanol–water partition coefficient (Wildman–Crippen LogP) is 3.25. The van der Waals surface area contributed by atoms with Crippen molar-refractivity contribution in [1.29, 1.82) is 0 Å². The molecule has 1 amide bonds. The summed E-state index contributed by atoms with van der Waals surface area (Å²) in [5.41, 5.74) is 2.41. The van der Waals surface area contributed by atoms with Crippen LogP contribution in [0.25, 0.3) is 0 Å². The Morgan fingerprint density at radius 2 is 1.93 bits per heavy atom. The number of ether oxygens (including phenoxy) is 1. The molecule has 0 radical (unpaired) electrons. The molecule has 7 heteroatoms. The molecule has 2 aliphatic heterocycles. The van der Waals surface area contributed by atoms with Gasteiger partial charge in [-0.2, -0.15) is 0 Å². The third-order valence-electron chi connectivity index (χ3n) is 5.81. The molecule has 3 rings (SSSR count). The number of aliphatic imine (C=N–C) groups is 1. The fourth-order valence-corrected chi connectivity index (χ4v) is 3.94. The zero-order valence-corrected chi connectivity index (χ0v) is 20.1. The van der Waals surface area contributed by atoms with Gasteiger partial charge in [-0.3, -0.25) is 9.79 Å². The molecule has 0 atom stereocenters. The van der Waals surface area contributed by atoms with Gasteiger partial charge in [-0.1, -0.05) is 24.3 Å². The smallest absolute Gasteiger partial charge is 0.222 e. The molecule has 6 nitrogen and oxygen atoms in total. The van der Waals surface area contributed by atoms with E-state index in [1.807, 2.05) is 11.9 Å². The number of nitrogens with one attached hydrogen (secondary N) is 1. The number of benzene rings is 1. The van der Waals surface area contributed by atoms with Gasteiger partial charge in [-0.05, 0) is 42.7 Å². The number of guanidine groups is 1. The molecule has 0 bridgehead atoms. The molecule has 1 aromatic rings. The highest BCUT2D eigenvalue weighted by molar-refractivity contribution is 14.0. The number of hydrogen-bond donors (Lipinski definition) is 1. The minimum absolute atomic E-state index is 0. The molecular formula is C22H35IN4O2. The van der Waals surface area contributed by atoms with Gasteiger partial charge in [0.05, 0.1) is 0 Å². The van der Waals surface area contributed by atoms with Crippen molar-refractivity contribution in [2.24, 2.45) is 10.9 Å².